The van der Waals surface area contributed by atoms with Crippen LogP contribution in [0, 0.1) is 6.92 Å². The molecule has 0 aliphatic heterocycles. The van der Waals surface area contributed by atoms with Gasteiger partial charge < -0.3 is 5.32 Å². The molecule has 1 heterocycles. The van der Waals surface area contributed by atoms with Crippen LogP contribution >= 0.6 is 0 Å². The van der Waals surface area contributed by atoms with Gasteiger partial charge in [0.15, 0.2) is 0 Å². The highest BCUT2D eigenvalue weighted by Gasteiger charge is 2.07. The lowest BCUT2D eigenvalue weighted by molar-refractivity contribution is 0.725. The summed E-state index contributed by atoms with van der Waals surface area (Å²) in [6.45, 7) is 6.12. The Morgan fingerprint density at radius 2 is 2.00 bits per heavy atom. The van der Waals surface area contributed by atoms with Gasteiger partial charge in [-0.3, -0.25) is 0 Å². The fraction of sp³-hybridized carbons (Fsp3) is 0.235. The van der Waals surface area contributed by atoms with Crippen molar-refractivity contribution in [2.45, 2.75) is 20.4 Å². The van der Waals surface area contributed by atoms with Crippen molar-refractivity contribution in [1.82, 2.24) is 15.1 Å². The maximum atomic E-state index is 4.54. The number of hydrogen-bond donors (Lipinski definition) is 1. The van der Waals surface area contributed by atoms with Crippen molar-refractivity contribution in [1.29, 1.82) is 0 Å². The number of para-hydroxylation sites is 1. The molecule has 0 saturated heterocycles. The van der Waals surface area contributed by atoms with Gasteiger partial charge in [0.2, 0.25) is 0 Å². The van der Waals surface area contributed by atoms with Gasteiger partial charge in [-0.25, -0.2) is 4.68 Å². The third kappa shape index (κ3) is 2.32. The first-order valence-electron chi connectivity index (χ1n) is 7.03. The fourth-order valence-corrected chi connectivity index (χ4v) is 2.43. The molecule has 0 bridgehead atoms. The number of fused-ring (bicyclic) bond motifs is 1. The number of rotatable bonds is 4. The zero-order valence-corrected chi connectivity index (χ0v) is 11.9. The molecule has 20 heavy (non-hydrogen) atoms. The van der Waals surface area contributed by atoms with Gasteiger partial charge in [-0.05, 0) is 36.7 Å². The lowest BCUT2D eigenvalue weighted by atomic mass is 10.1. The Morgan fingerprint density at radius 1 is 1.15 bits per heavy atom. The van der Waals surface area contributed by atoms with E-state index < -0.39 is 0 Å². The van der Waals surface area contributed by atoms with Crippen LogP contribution in [0.4, 0.5) is 0 Å². The third-order valence-corrected chi connectivity index (χ3v) is 3.56. The molecule has 0 radical (unpaired) electrons. The van der Waals surface area contributed by atoms with Crippen LogP contribution < -0.4 is 5.32 Å². The largest absolute Gasteiger partial charge is 0.313 e. The van der Waals surface area contributed by atoms with Gasteiger partial charge in [0.25, 0.3) is 0 Å². The maximum absolute atomic E-state index is 4.54. The zero-order valence-electron chi connectivity index (χ0n) is 11.9. The summed E-state index contributed by atoms with van der Waals surface area (Å²) in [5.74, 6) is 0. The monoisotopic (exact) mass is 265 g/mol. The third-order valence-electron chi connectivity index (χ3n) is 3.56. The van der Waals surface area contributed by atoms with Crippen LogP contribution in [-0.4, -0.2) is 16.3 Å². The minimum atomic E-state index is 0.892. The van der Waals surface area contributed by atoms with Crippen molar-refractivity contribution in [3.05, 3.63) is 59.8 Å². The summed E-state index contributed by atoms with van der Waals surface area (Å²) >= 11 is 0. The standard InChI is InChI=1S/C17H19N3/c1-3-18-11-14-9-8-13(2)17(10-14)20-16-7-5-4-6-15(16)12-19-20/h4-10,12,18H,3,11H2,1-2H3. The van der Waals surface area contributed by atoms with Crippen molar-refractivity contribution >= 4 is 10.9 Å². The van der Waals surface area contributed by atoms with E-state index in [1.54, 1.807) is 0 Å². The van der Waals surface area contributed by atoms with Gasteiger partial charge in [-0.15, -0.1) is 0 Å². The minimum Gasteiger partial charge on any atom is -0.313 e. The number of aryl methyl sites for hydroxylation is 1. The number of nitrogens with one attached hydrogen (secondary N) is 1. The summed E-state index contributed by atoms with van der Waals surface area (Å²) < 4.78 is 2.03. The Balaban J connectivity index is 2.08. The minimum absolute atomic E-state index is 0.892. The molecule has 0 unspecified atom stereocenters. The van der Waals surface area contributed by atoms with Gasteiger partial charge in [-0.1, -0.05) is 37.3 Å². The second kappa shape index (κ2) is 5.47. The van der Waals surface area contributed by atoms with E-state index in [0.29, 0.717) is 0 Å². The maximum Gasteiger partial charge on any atom is 0.0741 e. The van der Waals surface area contributed by atoms with Crippen LogP contribution in [0.25, 0.3) is 16.6 Å². The number of nitrogens with zero attached hydrogens (tertiary/aromatic N) is 2. The molecule has 3 nitrogen and oxygen atoms in total. The van der Waals surface area contributed by atoms with Gasteiger partial charge >= 0.3 is 0 Å². The normalized spacial score (nSPS) is 11.1. The molecule has 0 aliphatic carbocycles. The van der Waals surface area contributed by atoms with E-state index in [0.717, 1.165) is 24.3 Å². The molecule has 1 aromatic heterocycles. The van der Waals surface area contributed by atoms with E-state index in [4.69, 9.17) is 0 Å². The van der Waals surface area contributed by atoms with Crippen LogP contribution in [0.2, 0.25) is 0 Å². The smallest absolute Gasteiger partial charge is 0.0741 e. The molecule has 102 valence electrons. The highest BCUT2D eigenvalue weighted by atomic mass is 15.3. The molecule has 2 aromatic carbocycles. The summed E-state index contributed by atoms with van der Waals surface area (Å²) in [7, 11) is 0. The molecule has 3 heteroatoms. The Hall–Kier alpha value is -2.13. The highest BCUT2D eigenvalue weighted by Crippen LogP contribution is 2.21. The first-order valence-corrected chi connectivity index (χ1v) is 7.03. The highest BCUT2D eigenvalue weighted by molar-refractivity contribution is 5.80. The molecule has 1 N–H and O–H groups in total. The lowest BCUT2D eigenvalue weighted by Gasteiger charge is -2.10. The molecule has 3 aromatic rings. The van der Waals surface area contributed by atoms with Crippen molar-refractivity contribution < 1.29 is 0 Å². The van der Waals surface area contributed by atoms with Gasteiger partial charge in [0.05, 0.1) is 17.4 Å². The predicted octanol–water partition coefficient (Wildman–Crippen LogP) is 3.44. The van der Waals surface area contributed by atoms with Crippen LogP contribution in [0.15, 0.2) is 48.7 Å². The Kier molecular flexibility index (Phi) is 3.52. The van der Waals surface area contributed by atoms with E-state index in [9.17, 15) is 0 Å². The molecular formula is C17H19N3. The zero-order chi connectivity index (χ0) is 13.9. The quantitative estimate of drug-likeness (QED) is 0.783. The second-order valence-electron chi connectivity index (χ2n) is 5.02. The van der Waals surface area contributed by atoms with Gasteiger partial charge in [0, 0.05) is 11.9 Å². The molecule has 0 aliphatic rings. The Labute approximate surface area is 119 Å². The Morgan fingerprint density at radius 3 is 2.85 bits per heavy atom. The molecule has 0 amide bonds. The van der Waals surface area contributed by atoms with E-state index in [2.05, 4.69) is 60.7 Å². The SMILES string of the molecule is CCNCc1ccc(C)c(-n2ncc3ccccc32)c1. The van der Waals surface area contributed by atoms with Crippen molar-refractivity contribution in [3.8, 4) is 5.69 Å². The number of aromatic nitrogens is 2. The summed E-state index contributed by atoms with van der Waals surface area (Å²) in [6, 6.07) is 14.9. The number of benzene rings is 2. The molecule has 3 rings (SSSR count). The summed E-state index contributed by atoms with van der Waals surface area (Å²) in [6.07, 6.45) is 1.92. The van der Waals surface area contributed by atoms with Crippen molar-refractivity contribution in [2.24, 2.45) is 0 Å². The number of hydrogen-bond acceptors (Lipinski definition) is 2. The van der Waals surface area contributed by atoms with E-state index in [1.807, 2.05) is 16.9 Å². The first-order chi connectivity index (χ1) is 9.79. The second-order valence-corrected chi connectivity index (χ2v) is 5.02. The van der Waals surface area contributed by atoms with Crippen LogP contribution in [0.1, 0.15) is 18.1 Å². The fourth-order valence-electron chi connectivity index (χ4n) is 2.43. The average Bonchev–Trinajstić information content (AvgIpc) is 2.90. The lowest BCUT2D eigenvalue weighted by Crippen LogP contribution is -2.12. The van der Waals surface area contributed by atoms with Crippen LogP contribution in [0.5, 0.6) is 0 Å². The van der Waals surface area contributed by atoms with Crippen molar-refractivity contribution in [2.75, 3.05) is 6.54 Å². The summed E-state index contributed by atoms with van der Waals surface area (Å²) in [5.41, 5.74) is 4.82. The predicted molar refractivity (Wildman–Crippen MR) is 83.2 cm³/mol. The van der Waals surface area contributed by atoms with Gasteiger partial charge in [0.1, 0.15) is 0 Å². The van der Waals surface area contributed by atoms with Crippen molar-refractivity contribution in [3.63, 3.8) is 0 Å². The molecule has 0 atom stereocenters. The molecule has 0 saturated carbocycles. The first kappa shape index (κ1) is 12.9. The van der Waals surface area contributed by atoms with E-state index >= 15 is 0 Å². The average molecular weight is 265 g/mol. The summed E-state index contributed by atoms with van der Waals surface area (Å²) in [4.78, 5) is 0. The van der Waals surface area contributed by atoms with E-state index in [-0.39, 0.29) is 0 Å². The van der Waals surface area contributed by atoms with Crippen LogP contribution in [0.3, 0.4) is 0 Å². The van der Waals surface area contributed by atoms with Crippen LogP contribution in [-0.2, 0) is 6.54 Å². The van der Waals surface area contributed by atoms with Gasteiger partial charge in [-0.2, -0.15) is 5.10 Å². The topological polar surface area (TPSA) is 29.9 Å². The molecular weight excluding hydrogens is 246 g/mol. The Bertz CT molecular complexity index is 728. The molecule has 0 spiro atoms. The molecule has 0 fully saturated rings. The summed E-state index contributed by atoms with van der Waals surface area (Å²) in [5, 5.41) is 9.08. The van der Waals surface area contributed by atoms with E-state index in [1.165, 1.54) is 16.5 Å².